The van der Waals surface area contributed by atoms with Gasteiger partial charge in [0.2, 0.25) is 0 Å². The van der Waals surface area contributed by atoms with Crippen molar-refractivity contribution in [3.63, 3.8) is 0 Å². The first-order valence-corrected chi connectivity index (χ1v) is 7.08. The number of carbonyl (C=O) groups is 1. The van der Waals surface area contributed by atoms with E-state index in [0.717, 1.165) is 39.0 Å². The second-order valence-electron chi connectivity index (χ2n) is 5.53. The second kappa shape index (κ2) is 7.12. The van der Waals surface area contributed by atoms with Crippen LogP contribution in [0.2, 0.25) is 0 Å². The summed E-state index contributed by atoms with van der Waals surface area (Å²) in [6.07, 6.45) is 5.48. The van der Waals surface area contributed by atoms with Crippen LogP contribution in [-0.4, -0.2) is 42.4 Å². The van der Waals surface area contributed by atoms with E-state index in [1.807, 2.05) is 0 Å². The molecule has 0 saturated carbocycles. The quantitative estimate of drug-likeness (QED) is 0.693. The highest BCUT2D eigenvalue weighted by atomic mass is 16.1. The molecule has 1 fully saturated rings. The van der Waals surface area contributed by atoms with Crippen LogP contribution >= 0.6 is 0 Å². The molecule has 0 radical (unpaired) electrons. The lowest BCUT2D eigenvalue weighted by molar-refractivity contribution is -0.130. The summed E-state index contributed by atoms with van der Waals surface area (Å²) >= 11 is 0. The molecule has 3 heteroatoms. The van der Waals surface area contributed by atoms with Crippen LogP contribution in [-0.2, 0) is 4.79 Å². The number of rotatable bonds is 7. The Hall–Kier alpha value is -0.410. The van der Waals surface area contributed by atoms with Gasteiger partial charge in [-0.3, -0.25) is 9.69 Å². The van der Waals surface area contributed by atoms with Gasteiger partial charge in [-0.1, -0.05) is 26.2 Å². The van der Waals surface area contributed by atoms with Gasteiger partial charge in [-0.15, -0.1) is 0 Å². The van der Waals surface area contributed by atoms with Crippen molar-refractivity contribution >= 4 is 5.78 Å². The molecule has 17 heavy (non-hydrogen) atoms. The molecule has 1 N–H and O–H groups in total. The molecule has 0 aromatic carbocycles. The SMILES string of the molecule is CCCCCCC(=O)C(C)(C)N1CCNCC1. The van der Waals surface area contributed by atoms with Crippen LogP contribution in [0.15, 0.2) is 0 Å². The minimum absolute atomic E-state index is 0.270. The molecule has 0 bridgehead atoms. The maximum absolute atomic E-state index is 12.3. The minimum Gasteiger partial charge on any atom is -0.314 e. The van der Waals surface area contributed by atoms with E-state index in [1.165, 1.54) is 19.3 Å². The Labute approximate surface area is 106 Å². The van der Waals surface area contributed by atoms with Gasteiger partial charge >= 0.3 is 0 Å². The lowest BCUT2D eigenvalue weighted by Gasteiger charge is -2.40. The number of Topliss-reactive ketones (excluding diaryl/α,β-unsaturated/α-hetero) is 1. The molecule has 1 heterocycles. The summed E-state index contributed by atoms with van der Waals surface area (Å²) in [7, 11) is 0. The monoisotopic (exact) mass is 240 g/mol. The zero-order valence-electron chi connectivity index (χ0n) is 11.7. The van der Waals surface area contributed by atoms with E-state index in [9.17, 15) is 4.79 Å². The third kappa shape index (κ3) is 4.40. The number of hydrogen-bond donors (Lipinski definition) is 1. The van der Waals surface area contributed by atoms with Gasteiger partial charge < -0.3 is 5.32 Å². The van der Waals surface area contributed by atoms with Gasteiger partial charge in [-0.05, 0) is 20.3 Å². The van der Waals surface area contributed by atoms with Crippen molar-refractivity contribution in [2.24, 2.45) is 0 Å². The molecule has 0 aliphatic carbocycles. The van der Waals surface area contributed by atoms with E-state index in [-0.39, 0.29) is 5.54 Å². The van der Waals surface area contributed by atoms with Gasteiger partial charge in [-0.25, -0.2) is 0 Å². The molecule has 0 amide bonds. The van der Waals surface area contributed by atoms with Crippen LogP contribution in [0.1, 0.15) is 52.9 Å². The Kier molecular flexibility index (Phi) is 6.14. The van der Waals surface area contributed by atoms with Gasteiger partial charge in [-0.2, -0.15) is 0 Å². The summed E-state index contributed by atoms with van der Waals surface area (Å²) in [5.74, 6) is 0.413. The van der Waals surface area contributed by atoms with Crippen LogP contribution in [0.3, 0.4) is 0 Å². The zero-order chi connectivity index (χ0) is 12.7. The molecule has 0 aromatic rings. The van der Waals surface area contributed by atoms with Gasteiger partial charge in [0.25, 0.3) is 0 Å². The Balaban J connectivity index is 2.36. The van der Waals surface area contributed by atoms with E-state index >= 15 is 0 Å². The minimum atomic E-state index is -0.270. The second-order valence-corrected chi connectivity index (χ2v) is 5.53. The number of carbonyl (C=O) groups excluding carboxylic acids is 1. The van der Waals surface area contributed by atoms with Crippen molar-refractivity contribution in [1.29, 1.82) is 0 Å². The number of nitrogens with zero attached hydrogens (tertiary/aromatic N) is 1. The maximum atomic E-state index is 12.3. The van der Waals surface area contributed by atoms with Crippen molar-refractivity contribution in [2.45, 2.75) is 58.4 Å². The van der Waals surface area contributed by atoms with Crippen LogP contribution in [0.25, 0.3) is 0 Å². The molecule has 1 saturated heterocycles. The topological polar surface area (TPSA) is 32.3 Å². The van der Waals surface area contributed by atoms with Crippen molar-refractivity contribution in [3.05, 3.63) is 0 Å². The number of piperazine rings is 1. The zero-order valence-corrected chi connectivity index (χ0v) is 11.7. The highest BCUT2D eigenvalue weighted by Crippen LogP contribution is 2.19. The van der Waals surface area contributed by atoms with Crippen molar-refractivity contribution in [3.8, 4) is 0 Å². The smallest absolute Gasteiger partial charge is 0.152 e. The summed E-state index contributed by atoms with van der Waals surface area (Å²) in [6, 6.07) is 0. The molecule has 0 spiro atoms. The van der Waals surface area contributed by atoms with Crippen LogP contribution in [0, 0.1) is 0 Å². The Morgan fingerprint density at radius 1 is 1.18 bits per heavy atom. The Bertz CT molecular complexity index is 232. The summed E-state index contributed by atoms with van der Waals surface area (Å²) in [6.45, 7) is 10.4. The first-order valence-electron chi connectivity index (χ1n) is 7.08. The largest absolute Gasteiger partial charge is 0.314 e. The molecule has 3 nitrogen and oxygen atoms in total. The number of hydrogen-bond acceptors (Lipinski definition) is 3. The average molecular weight is 240 g/mol. The fraction of sp³-hybridized carbons (Fsp3) is 0.929. The van der Waals surface area contributed by atoms with Crippen molar-refractivity contribution < 1.29 is 4.79 Å². The standard InChI is InChI=1S/C14H28N2O/c1-4-5-6-7-8-13(17)14(2,3)16-11-9-15-10-12-16/h15H,4-12H2,1-3H3. The Morgan fingerprint density at radius 2 is 1.82 bits per heavy atom. The number of nitrogens with one attached hydrogen (secondary N) is 1. The number of unbranched alkanes of at least 4 members (excludes halogenated alkanes) is 3. The van der Waals surface area contributed by atoms with E-state index in [2.05, 4.69) is 31.0 Å². The fourth-order valence-electron chi connectivity index (χ4n) is 2.42. The van der Waals surface area contributed by atoms with Crippen LogP contribution in [0.4, 0.5) is 0 Å². The summed E-state index contributed by atoms with van der Waals surface area (Å²) < 4.78 is 0. The Morgan fingerprint density at radius 3 is 2.41 bits per heavy atom. The van der Waals surface area contributed by atoms with E-state index in [4.69, 9.17) is 0 Å². The van der Waals surface area contributed by atoms with Gasteiger partial charge in [0.05, 0.1) is 5.54 Å². The molecule has 1 aliphatic heterocycles. The molecule has 100 valence electrons. The van der Waals surface area contributed by atoms with Gasteiger partial charge in [0, 0.05) is 32.6 Å². The van der Waals surface area contributed by atoms with Crippen molar-refractivity contribution in [2.75, 3.05) is 26.2 Å². The van der Waals surface area contributed by atoms with Crippen LogP contribution in [0.5, 0.6) is 0 Å². The van der Waals surface area contributed by atoms with E-state index in [1.54, 1.807) is 0 Å². The predicted molar refractivity (Wildman–Crippen MR) is 72.3 cm³/mol. The molecular formula is C14H28N2O. The average Bonchev–Trinajstić information content (AvgIpc) is 2.35. The first-order chi connectivity index (χ1) is 8.09. The van der Waals surface area contributed by atoms with Crippen molar-refractivity contribution in [1.82, 2.24) is 10.2 Å². The number of ketones is 1. The maximum Gasteiger partial charge on any atom is 0.152 e. The van der Waals surface area contributed by atoms with Gasteiger partial charge in [0.15, 0.2) is 5.78 Å². The lowest BCUT2D eigenvalue weighted by Crippen LogP contribution is -2.57. The third-order valence-electron chi connectivity index (χ3n) is 3.85. The molecule has 1 aliphatic rings. The molecule has 0 aromatic heterocycles. The summed E-state index contributed by atoms with van der Waals surface area (Å²) in [5.41, 5.74) is -0.270. The normalized spacial score (nSPS) is 18.3. The summed E-state index contributed by atoms with van der Waals surface area (Å²) in [4.78, 5) is 14.6. The predicted octanol–water partition coefficient (Wildman–Crippen LogP) is 2.21. The first kappa shape index (κ1) is 14.7. The molecule has 0 unspecified atom stereocenters. The molecular weight excluding hydrogens is 212 g/mol. The molecule has 1 rings (SSSR count). The lowest BCUT2D eigenvalue weighted by atomic mass is 9.92. The highest BCUT2D eigenvalue weighted by molar-refractivity contribution is 5.87. The third-order valence-corrected chi connectivity index (χ3v) is 3.85. The molecule has 0 atom stereocenters. The van der Waals surface area contributed by atoms with Crippen LogP contribution < -0.4 is 5.32 Å². The fourth-order valence-corrected chi connectivity index (χ4v) is 2.42. The summed E-state index contributed by atoms with van der Waals surface area (Å²) in [5, 5.41) is 3.33. The van der Waals surface area contributed by atoms with Gasteiger partial charge in [0.1, 0.15) is 0 Å². The van der Waals surface area contributed by atoms with E-state index < -0.39 is 0 Å². The van der Waals surface area contributed by atoms with E-state index in [0.29, 0.717) is 5.78 Å². The highest BCUT2D eigenvalue weighted by Gasteiger charge is 2.33.